The second-order valence-electron chi connectivity index (χ2n) is 7.01. The molecule has 9 heteroatoms. The van der Waals surface area contributed by atoms with Gasteiger partial charge in [0.1, 0.15) is 11.5 Å². The first-order chi connectivity index (χ1) is 15.0. The number of hydrogen-bond acceptors (Lipinski definition) is 6. The van der Waals surface area contributed by atoms with Gasteiger partial charge >= 0.3 is 0 Å². The maximum atomic E-state index is 12.4. The molecule has 168 valence electrons. The SMILES string of the molecule is CCCCCC(CN(O)C=O)C(=O)NCNC(=O)c1ccc(-c2ccccc2OC)o1. The number of rotatable bonds is 13. The summed E-state index contributed by atoms with van der Waals surface area (Å²) >= 11 is 0. The highest BCUT2D eigenvalue weighted by molar-refractivity contribution is 5.92. The molecule has 0 radical (unpaired) electrons. The van der Waals surface area contributed by atoms with Gasteiger partial charge in [-0.15, -0.1) is 0 Å². The average molecular weight is 431 g/mol. The molecule has 3 amide bonds. The molecule has 3 N–H and O–H groups in total. The highest BCUT2D eigenvalue weighted by Crippen LogP contribution is 2.30. The van der Waals surface area contributed by atoms with E-state index in [1.165, 1.54) is 0 Å². The monoisotopic (exact) mass is 431 g/mol. The second kappa shape index (κ2) is 12.4. The number of para-hydroxylation sites is 1. The Morgan fingerprint density at radius 3 is 2.68 bits per heavy atom. The summed E-state index contributed by atoms with van der Waals surface area (Å²) in [6.45, 7) is 1.83. The Labute approximate surface area is 181 Å². The lowest BCUT2D eigenvalue weighted by molar-refractivity contribution is -0.154. The fraction of sp³-hybridized carbons (Fsp3) is 0.409. The number of nitrogens with one attached hydrogen (secondary N) is 2. The quantitative estimate of drug-likeness (QED) is 0.147. The number of ether oxygens (including phenoxy) is 1. The summed E-state index contributed by atoms with van der Waals surface area (Å²) in [6, 6.07) is 10.5. The van der Waals surface area contributed by atoms with Gasteiger partial charge in [0, 0.05) is 0 Å². The fourth-order valence-corrected chi connectivity index (χ4v) is 3.11. The van der Waals surface area contributed by atoms with Crippen LogP contribution in [0, 0.1) is 5.92 Å². The van der Waals surface area contributed by atoms with E-state index in [2.05, 4.69) is 10.6 Å². The summed E-state index contributed by atoms with van der Waals surface area (Å²) in [5.74, 6) is -0.207. The number of carbonyl (C=O) groups excluding carboxylic acids is 3. The van der Waals surface area contributed by atoms with E-state index in [4.69, 9.17) is 9.15 Å². The molecule has 0 aliphatic carbocycles. The van der Waals surface area contributed by atoms with Crippen molar-refractivity contribution in [1.29, 1.82) is 0 Å². The Balaban J connectivity index is 1.90. The zero-order valence-corrected chi connectivity index (χ0v) is 17.8. The molecule has 0 aliphatic rings. The average Bonchev–Trinajstić information content (AvgIpc) is 3.28. The van der Waals surface area contributed by atoms with E-state index in [0.29, 0.717) is 23.0 Å². The van der Waals surface area contributed by atoms with Gasteiger partial charge in [-0.05, 0) is 30.7 Å². The molecular formula is C22H29N3O6. The summed E-state index contributed by atoms with van der Waals surface area (Å²) in [6.07, 6.45) is 3.52. The first kappa shape index (κ1) is 23.9. The van der Waals surface area contributed by atoms with E-state index in [0.717, 1.165) is 24.8 Å². The zero-order valence-electron chi connectivity index (χ0n) is 17.8. The minimum absolute atomic E-state index is 0.0946. The number of nitrogens with zero attached hydrogens (tertiary/aromatic N) is 1. The Bertz CT molecular complexity index is 866. The predicted octanol–water partition coefficient (Wildman–Crippen LogP) is 2.80. The zero-order chi connectivity index (χ0) is 22.6. The van der Waals surface area contributed by atoms with Crippen LogP contribution in [0.4, 0.5) is 0 Å². The summed E-state index contributed by atoms with van der Waals surface area (Å²) in [7, 11) is 1.55. The number of methoxy groups -OCH3 is 1. The first-order valence-corrected chi connectivity index (χ1v) is 10.2. The van der Waals surface area contributed by atoms with Crippen LogP contribution in [0.5, 0.6) is 5.75 Å². The molecule has 0 saturated heterocycles. The van der Waals surface area contributed by atoms with Crippen molar-refractivity contribution in [3.05, 3.63) is 42.2 Å². The van der Waals surface area contributed by atoms with Crippen LogP contribution >= 0.6 is 0 Å². The molecule has 1 unspecified atom stereocenters. The van der Waals surface area contributed by atoms with Crippen LogP contribution < -0.4 is 15.4 Å². The van der Waals surface area contributed by atoms with E-state index in [1.807, 2.05) is 25.1 Å². The number of unbranched alkanes of at least 4 members (excludes halogenated alkanes) is 2. The van der Waals surface area contributed by atoms with E-state index < -0.39 is 11.8 Å². The third-order valence-electron chi connectivity index (χ3n) is 4.77. The summed E-state index contributed by atoms with van der Waals surface area (Å²) in [4.78, 5) is 35.4. The Kier molecular flexibility index (Phi) is 9.57. The van der Waals surface area contributed by atoms with E-state index in [1.54, 1.807) is 25.3 Å². The predicted molar refractivity (Wildman–Crippen MR) is 113 cm³/mol. The third-order valence-corrected chi connectivity index (χ3v) is 4.77. The minimum atomic E-state index is -0.570. The number of furan rings is 1. The smallest absolute Gasteiger partial charge is 0.288 e. The Morgan fingerprint density at radius 2 is 1.97 bits per heavy atom. The van der Waals surface area contributed by atoms with Crippen molar-refractivity contribution < 1.29 is 28.7 Å². The maximum Gasteiger partial charge on any atom is 0.288 e. The largest absolute Gasteiger partial charge is 0.496 e. The van der Waals surface area contributed by atoms with Crippen LogP contribution in [0.2, 0.25) is 0 Å². The van der Waals surface area contributed by atoms with Crippen molar-refractivity contribution in [1.82, 2.24) is 15.7 Å². The van der Waals surface area contributed by atoms with Crippen LogP contribution in [0.3, 0.4) is 0 Å². The van der Waals surface area contributed by atoms with Gasteiger partial charge in [0.15, 0.2) is 5.76 Å². The lowest BCUT2D eigenvalue weighted by Crippen LogP contribution is -2.42. The molecule has 31 heavy (non-hydrogen) atoms. The topological polar surface area (TPSA) is 121 Å². The van der Waals surface area contributed by atoms with Gasteiger partial charge in [0.2, 0.25) is 12.3 Å². The highest BCUT2D eigenvalue weighted by Gasteiger charge is 2.21. The second-order valence-corrected chi connectivity index (χ2v) is 7.01. The molecular weight excluding hydrogens is 402 g/mol. The number of carbonyl (C=O) groups is 3. The number of amides is 3. The van der Waals surface area contributed by atoms with Crippen molar-refractivity contribution >= 4 is 18.2 Å². The van der Waals surface area contributed by atoms with Gasteiger partial charge in [-0.2, -0.15) is 0 Å². The molecule has 0 saturated carbocycles. The lowest BCUT2D eigenvalue weighted by Gasteiger charge is -2.19. The van der Waals surface area contributed by atoms with Crippen LogP contribution in [0.15, 0.2) is 40.8 Å². The summed E-state index contributed by atoms with van der Waals surface area (Å²) in [5, 5.41) is 15.1. The van der Waals surface area contributed by atoms with Gasteiger partial charge < -0.3 is 19.8 Å². The van der Waals surface area contributed by atoms with Gasteiger partial charge in [0.25, 0.3) is 5.91 Å². The van der Waals surface area contributed by atoms with Gasteiger partial charge in [0.05, 0.1) is 31.8 Å². The van der Waals surface area contributed by atoms with E-state index in [-0.39, 0.29) is 31.3 Å². The third kappa shape index (κ3) is 7.14. The van der Waals surface area contributed by atoms with Crippen LogP contribution in [0.1, 0.15) is 43.2 Å². The molecule has 0 bridgehead atoms. The normalized spacial score (nSPS) is 11.5. The van der Waals surface area contributed by atoms with E-state index in [9.17, 15) is 19.6 Å². The number of hydroxylamine groups is 2. The van der Waals surface area contributed by atoms with Crippen LogP contribution in [-0.4, -0.2) is 48.8 Å². The van der Waals surface area contributed by atoms with Crippen LogP contribution in [0.25, 0.3) is 11.3 Å². The fourth-order valence-electron chi connectivity index (χ4n) is 3.11. The molecule has 2 rings (SSSR count). The summed E-state index contributed by atoms with van der Waals surface area (Å²) < 4.78 is 10.9. The lowest BCUT2D eigenvalue weighted by atomic mass is 10.0. The maximum absolute atomic E-state index is 12.4. The van der Waals surface area contributed by atoms with E-state index >= 15 is 0 Å². The first-order valence-electron chi connectivity index (χ1n) is 10.2. The molecule has 0 spiro atoms. The summed E-state index contributed by atoms with van der Waals surface area (Å²) in [5.41, 5.74) is 0.719. The molecule has 1 atom stereocenters. The van der Waals surface area contributed by atoms with Crippen LogP contribution in [-0.2, 0) is 9.59 Å². The molecule has 0 aliphatic heterocycles. The van der Waals surface area contributed by atoms with Crippen molar-refractivity contribution in [3.8, 4) is 17.1 Å². The molecule has 0 fully saturated rings. The molecule has 1 aromatic heterocycles. The molecule has 2 aromatic rings. The minimum Gasteiger partial charge on any atom is -0.496 e. The number of hydrogen-bond donors (Lipinski definition) is 3. The van der Waals surface area contributed by atoms with Gasteiger partial charge in [-0.3, -0.25) is 19.6 Å². The van der Waals surface area contributed by atoms with Crippen molar-refractivity contribution in [3.63, 3.8) is 0 Å². The Morgan fingerprint density at radius 1 is 1.19 bits per heavy atom. The standard InChI is InChI=1S/C22H29N3O6/c1-3-4-5-8-16(13-25(29)15-26)21(27)23-14-24-22(28)20-12-11-19(31-20)17-9-6-7-10-18(17)30-2/h6-7,9-12,15-16,29H,3-5,8,13-14H2,1-2H3,(H,23,27)(H,24,28). The molecule has 9 nitrogen and oxygen atoms in total. The molecule has 1 heterocycles. The molecule has 1 aromatic carbocycles. The van der Waals surface area contributed by atoms with Crippen molar-refractivity contribution in [2.45, 2.75) is 32.6 Å². The van der Waals surface area contributed by atoms with Gasteiger partial charge in [-0.1, -0.05) is 38.3 Å². The van der Waals surface area contributed by atoms with Crippen molar-refractivity contribution in [2.75, 3.05) is 20.3 Å². The highest BCUT2D eigenvalue weighted by atomic mass is 16.5. The Hall–Kier alpha value is -3.33. The number of benzene rings is 1. The van der Waals surface area contributed by atoms with Gasteiger partial charge in [-0.25, -0.2) is 5.06 Å². The van der Waals surface area contributed by atoms with Crippen molar-refractivity contribution in [2.24, 2.45) is 5.92 Å².